The number of nitrogens with zero attached hydrogens (tertiary/aromatic N) is 4. The summed E-state index contributed by atoms with van der Waals surface area (Å²) in [5.74, 6) is -0.916. The number of carbonyl (C=O) groups excluding carboxylic acids is 1. The van der Waals surface area contributed by atoms with Gasteiger partial charge in [0, 0.05) is 12.1 Å². The summed E-state index contributed by atoms with van der Waals surface area (Å²) in [6.45, 7) is -0.121. The van der Waals surface area contributed by atoms with Gasteiger partial charge in [-0.05, 0) is 5.21 Å². The third-order valence-electron chi connectivity index (χ3n) is 2.56. The van der Waals surface area contributed by atoms with Gasteiger partial charge in [-0.15, -0.1) is 10.2 Å². The SMILES string of the molecule is O=C(O)COCCNC(=O)Cn1nnc(-c2ccccc2)n1. The molecule has 0 bridgehead atoms. The van der Waals surface area contributed by atoms with Gasteiger partial charge >= 0.3 is 5.97 Å². The maximum Gasteiger partial charge on any atom is 0.329 e. The van der Waals surface area contributed by atoms with Gasteiger partial charge in [0.15, 0.2) is 0 Å². The average Bonchev–Trinajstić information content (AvgIpc) is 2.96. The summed E-state index contributed by atoms with van der Waals surface area (Å²) in [7, 11) is 0. The number of rotatable bonds is 8. The predicted molar refractivity (Wildman–Crippen MR) is 74.7 cm³/mol. The second-order valence-corrected chi connectivity index (χ2v) is 4.31. The van der Waals surface area contributed by atoms with Crippen LogP contribution in [0.25, 0.3) is 11.4 Å². The Morgan fingerprint density at radius 3 is 2.77 bits per heavy atom. The van der Waals surface area contributed by atoms with Crippen LogP contribution in [-0.4, -0.2) is 56.9 Å². The van der Waals surface area contributed by atoms with Gasteiger partial charge in [0.05, 0.1) is 6.61 Å². The minimum absolute atomic E-state index is 0.0707. The summed E-state index contributed by atoms with van der Waals surface area (Å²) in [6.07, 6.45) is 0. The van der Waals surface area contributed by atoms with Crippen molar-refractivity contribution in [2.24, 2.45) is 0 Å². The summed E-state index contributed by atoms with van der Waals surface area (Å²) in [5.41, 5.74) is 0.816. The first-order valence-electron chi connectivity index (χ1n) is 6.54. The number of amides is 1. The van der Waals surface area contributed by atoms with Crippen molar-refractivity contribution in [2.75, 3.05) is 19.8 Å². The topological polar surface area (TPSA) is 119 Å². The zero-order valence-corrected chi connectivity index (χ0v) is 11.7. The lowest BCUT2D eigenvalue weighted by Crippen LogP contribution is -2.31. The quantitative estimate of drug-likeness (QED) is 0.634. The Balaban J connectivity index is 1.76. The molecule has 0 spiro atoms. The molecular formula is C13H15N5O4. The predicted octanol–water partition coefficient (Wildman–Crippen LogP) is -0.442. The van der Waals surface area contributed by atoms with Crippen molar-refractivity contribution in [2.45, 2.75) is 6.54 Å². The number of carboxylic acid groups (broad SMARTS) is 1. The monoisotopic (exact) mass is 305 g/mol. The maximum absolute atomic E-state index is 11.6. The highest BCUT2D eigenvalue weighted by Crippen LogP contribution is 2.11. The van der Waals surface area contributed by atoms with E-state index in [4.69, 9.17) is 9.84 Å². The summed E-state index contributed by atoms with van der Waals surface area (Å²) in [5, 5.41) is 22.7. The first kappa shape index (κ1) is 15.6. The van der Waals surface area contributed by atoms with Gasteiger partial charge in [-0.3, -0.25) is 4.79 Å². The van der Waals surface area contributed by atoms with Crippen LogP contribution in [0.2, 0.25) is 0 Å². The largest absolute Gasteiger partial charge is 0.480 e. The number of carboxylic acids is 1. The molecule has 1 aromatic heterocycles. The molecule has 1 aromatic carbocycles. The normalized spacial score (nSPS) is 10.4. The minimum atomic E-state index is -1.05. The summed E-state index contributed by atoms with van der Waals surface area (Å²) < 4.78 is 4.79. The standard InChI is InChI=1S/C13H15N5O4/c19-11(14-6-7-22-9-12(20)21)8-18-16-13(15-17-18)10-4-2-1-3-5-10/h1-5H,6-9H2,(H,14,19)(H,20,21). The lowest BCUT2D eigenvalue weighted by Gasteiger charge is -2.04. The molecule has 0 aliphatic carbocycles. The van der Waals surface area contributed by atoms with Crippen molar-refractivity contribution >= 4 is 11.9 Å². The highest BCUT2D eigenvalue weighted by atomic mass is 16.5. The van der Waals surface area contributed by atoms with E-state index in [1.54, 1.807) is 0 Å². The van der Waals surface area contributed by atoms with Gasteiger partial charge in [0.1, 0.15) is 13.2 Å². The maximum atomic E-state index is 11.6. The minimum Gasteiger partial charge on any atom is -0.480 e. The van der Waals surface area contributed by atoms with E-state index in [1.807, 2.05) is 30.3 Å². The number of ether oxygens (including phenoxy) is 1. The van der Waals surface area contributed by atoms with E-state index in [-0.39, 0.29) is 32.2 Å². The Labute approximate surface area is 125 Å². The lowest BCUT2D eigenvalue weighted by atomic mass is 10.2. The first-order valence-corrected chi connectivity index (χ1v) is 6.54. The molecule has 0 saturated heterocycles. The van der Waals surface area contributed by atoms with Crippen LogP contribution in [0.1, 0.15) is 0 Å². The fourth-order valence-corrected chi connectivity index (χ4v) is 1.62. The molecule has 9 nitrogen and oxygen atoms in total. The van der Waals surface area contributed by atoms with Crippen molar-refractivity contribution in [3.63, 3.8) is 0 Å². The Morgan fingerprint density at radius 1 is 1.27 bits per heavy atom. The highest BCUT2D eigenvalue weighted by molar-refractivity contribution is 5.75. The van der Waals surface area contributed by atoms with E-state index in [0.717, 1.165) is 5.56 Å². The molecule has 0 atom stereocenters. The van der Waals surface area contributed by atoms with Gasteiger partial charge in [-0.1, -0.05) is 30.3 Å². The molecule has 2 rings (SSSR count). The van der Waals surface area contributed by atoms with Crippen LogP contribution in [-0.2, 0) is 20.9 Å². The highest BCUT2D eigenvalue weighted by Gasteiger charge is 2.08. The van der Waals surface area contributed by atoms with Crippen LogP contribution in [0.5, 0.6) is 0 Å². The van der Waals surface area contributed by atoms with Crippen molar-refractivity contribution < 1.29 is 19.4 Å². The summed E-state index contributed by atoms with van der Waals surface area (Å²) in [6, 6.07) is 9.30. The van der Waals surface area contributed by atoms with E-state index in [9.17, 15) is 9.59 Å². The molecule has 1 amide bonds. The van der Waals surface area contributed by atoms with Crippen molar-refractivity contribution in [1.29, 1.82) is 0 Å². The summed E-state index contributed by atoms with van der Waals surface area (Å²) in [4.78, 5) is 23.1. The van der Waals surface area contributed by atoms with Gasteiger partial charge < -0.3 is 15.2 Å². The van der Waals surface area contributed by atoms with Crippen LogP contribution in [0.3, 0.4) is 0 Å². The van der Waals surface area contributed by atoms with Crippen LogP contribution < -0.4 is 5.32 Å². The van der Waals surface area contributed by atoms with Crippen LogP contribution in [0.15, 0.2) is 30.3 Å². The van der Waals surface area contributed by atoms with E-state index < -0.39 is 5.97 Å². The molecule has 0 fully saturated rings. The number of nitrogens with one attached hydrogen (secondary N) is 1. The molecule has 0 unspecified atom stereocenters. The molecule has 2 aromatic rings. The number of carbonyl (C=O) groups is 2. The van der Waals surface area contributed by atoms with Crippen LogP contribution in [0, 0.1) is 0 Å². The number of hydrogen-bond donors (Lipinski definition) is 2. The Hall–Kier alpha value is -2.81. The smallest absolute Gasteiger partial charge is 0.329 e. The van der Waals surface area contributed by atoms with E-state index in [0.29, 0.717) is 5.82 Å². The van der Waals surface area contributed by atoms with E-state index >= 15 is 0 Å². The molecule has 22 heavy (non-hydrogen) atoms. The number of hydrogen-bond acceptors (Lipinski definition) is 6. The van der Waals surface area contributed by atoms with Crippen LogP contribution >= 0.6 is 0 Å². The molecule has 2 N–H and O–H groups in total. The summed E-state index contributed by atoms with van der Waals surface area (Å²) >= 11 is 0. The third kappa shape index (κ3) is 4.94. The lowest BCUT2D eigenvalue weighted by molar-refractivity contribution is -0.142. The first-order chi connectivity index (χ1) is 10.6. The van der Waals surface area contributed by atoms with Crippen LogP contribution in [0.4, 0.5) is 0 Å². The molecule has 116 valence electrons. The third-order valence-corrected chi connectivity index (χ3v) is 2.56. The Morgan fingerprint density at radius 2 is 2.05 bits per heavy atom. The number of aromatic nitrogens is 4. The van der Waals surface area contributed by atoms with E-state index in [1.165, 1.54) is 4.80 Å². The number of aliphatic carboxylic acids is 1. The molecule has 0 aliphatic heterocycles. The molecule has 9 heteroatoms. The molecule has 1 heterocycles. The zero-order chi connectivity index (χ0) is 15.8. The second kappa shape index (κ2) is 7.84. The number of benzene rings is 1. The molecule has 0 saturated carbocycles. The molecule has 0 aliphatic rings. The van der Waals surface area contributed by atoms with E-state index in [2.05, 4.69) is 20.7 Å². The van der Waals surface area contributed by atoms with Gasteiger partial charge in [0.25, 0.3) is 0 Å². The fraction of sp³-hybridized carbons (Fsp3) is 0.308. The van der Waals surface area contributed by atoms with Gasteiger partial charge in [0.2, 0.25) is 11.7 Å². The fourth-order valence-electron chi connectivity index (χ4n) is 1.62. The zero-order valence-electron chi connectivity index (χ0n) is 11.7. The van der Waals surface area contributed by atoms with Gasteiger partial charge in [-0.25, -0.2) is 4.79 Å². The van der Waals surface area contributed by atoms with Crippen molar-refractivity contribution in [1.82, 2.24) is 25.5 Å². The Bertz CT molecular complexity index is 628. The van der Waals surface area contributed by atoms with Crippen molar-refractivity contribution in [3.8, 4) is 11.4 Å². The molecular weight excluding hydrogens is 290 g/mol. The Kier molecular flexibility index (Phi) is 5.55. The van der Waals surface area contributed by atoms with Crippen molar-refractivity contribution in [3.05, 3.63) is 30.3 Å². The average molecular weight is 305 g/mol. The van der Waals surface area contributed by atoms with Gasteiger partial charge in [-0.2, -0.15) is 4.80 Å². The molecule has 0 radical (unpaired) electrons. The number of tetrazole rings is 1. The second-order valence-electron chi connectivity index (χ2n) is 4.31.